The van der Waals surface area contributed by atoms with Gasteiger partial charge < -0.3 is 10.1 Å². The molecule has 0 aliphatic carbocycles. The molecule has 4 rings (SSSR count). The van der Waals surface area contributed by atoms with Crippen molar-refractivity contribution in [1.82, 2.24) is 0 Å². The van der Waals surface area contributed by atoms with Gasteiger partial charge in [-0.15, -0.1) is 0 Å². The summed E-state index contributed by atoms with van der Waals surface area (Å²) in [6.45, 7) is 1.15. The summed E-state index contributed by atoms with van der Waals surface area (Å²) >= 11 is 5.96. The van der Waals surface area contributed by atoms with Gasteiger partial charge in [0.05, 0.1) is 17.8 Å². The number of benzene rings is 3. The van der Waals surface area contributed by atoms with Crippen LogP contribution in [0.5, 0.6) is 0 Å². The van der Waals surface area contributed by atoms with Gasteiger partial charge in [-0.2, -0.15) is 0 Å². The Morgan fingerprint density at radius 2 is 1.76 bits per heavy atom. The minimum absolute atomic E-state index is 0.177. The van der Waals surface area contributed by atoms with Crippen molar-refractivity contribution in [3.05, 3.63) is 100 Å². The number of amides is 1. The Bertz CT molecular complexity index is 1070. The summed E-state index contributed by atoms with van der Waals surface area (Å²) in [4.78, 5) is 17.1. The molecule has 5 heteroatoms. The van der Waals surface area contributed by atoms with Crippen LogP contribution < -0.4 is 5.32 Å². The van der Waals surface area contributed by atoms with E-state index in [1.54, 1.807) is 12.1 Å². The molecular formula is C24H19ClN2O2. The number of anilines is 1. The number of halogens is 1. The standard InChI is InChI=1S/C24H19ClN2O2/c25-20-13-10-17(11-14-20)9-12-18-7-4-8-21(22(18)24-26-15-16-29-24)27-23(28)19-5-2-1-3-6-19/h1-14H,15-16H2,(H,27,28)/b12-9+. The largest absolute Gasteiger partial charge is 0.475 e. The summed E-state index contributed by atoms with van der Waals surface area (Å²) in [7, 11) is 0. The Morgan fingerprint density at radius 1 is 0.966 bits per heavy atom. The topological polar surface area (TPSA) is 50.7 Å². The molecular weight excluding hydrogens is 384 g/mol. The second-order valence-corrected chi connectivity index (χ2v) is 6.95. The van der Waals surface area contributed by atoms with E-state index in [2.05, 4.69) is 10.3 Å². The molecule has 0 aromatic heterocycles. The number of rotatable bonds is 5. The number of nitrogens with zero attached hydrogens (tertiary/aromatic N) is 1. The first-order chi connectivity index (χ1) is 14.2. The fourth-order valence-corrected chi connectivity index (χ4v) is 3.21. The molecule has 3 aromatic carbocycles. The van der Waals surface area contributed by atoms with E-state index in [0.717, 1.165) is 16.7 Å². The van der Waals surface area contributed by atoms with Gasteiger partial charge in [-0.3, -0.25) is 4.79 Å². The maximum absolute atomic E-state index is 12.7. The normalized spacial score (nSPS) is 13.2. The Morgan fingerprint density at radius 3 is 2.48 bits per heavy atom. The van der Waals surface area contributed by atoms with E-state index in [1.165, 1.54) is 0 Å². The minimum atomic E-state index is -0.177. The van der Waals surface area contributed by atoms with Crippen molar-refractivity contribution in [2.45, 2.75) is 0 Å². The van der Waals surface area contributed by atoms with Crippen LogP contribution in [0.15, 0.2) is 77.8 Å². The smallest absolute Gasteiger partial charge is 0.255 e. The van der Waals surface area contributed by atoms with Gasteiger partial charge in [-0.25, -0.2) is 4.99 Å². The Labute approximate surface area is 174 Å². The molecule has 1 amide bonds. The van der Waals surface area contributed by atoms with Crippen LogP contribution in [0.25, 0.3) is 12.2 Å². The van der Waals surface area contributed by atoms with Crippen LogP contribution in [-0.4, -0.2) is 25.0 Å². The van der Waals surface area contributed by atoms with Gasteiger partial charge in [0, 0.05) is 10.6 Å². The second kappa shape index (κ2) is 8.76. The highest BCUT2D eigenvalue weighted by atomic mass is 35.5. The molecule has 4 nitrogen and oxygen atoms in total. The van der Waals surface area contributed by atoms with Gasteiger partial charge >= 0.3 is 0 Å². The lowest BCUT2D eigenvalue weighted by Crippen LogP contribution is -2.16. The molecule has 0 fully saturated rings. The highest BCUT2D eigenvalue weighted by molar-refractivity contribution is 6.30. The predicted molar refractivity (Wildman–Crippen MR) is 119 cm³/mol. The lowest BCUT2D eigenvalue weighted by Gasteiger charge is -2.14. The zero-order valence-electron chi connectivity index (χ0n) is 15.6. The monoisotopic (exact) mass is 402 g/mol. The van der Waals surface area contributed by atoms with Gasteiger partial charge in [0.1, 0.15) is 6.61 Å². The van der Waals surface area contributed by atoms with Crippen molar-refractivity contribution in [2.24, 2.45) is 4.99 Å². The molecule has 144 valence electrons. The minimum Gasteiger partial charge on any atom is -0.475 e. The van der Waals surface area contributed by atoms with Gasteiger partial charge in [-0.1, -0.05) is 66.2 Å². The van der Waals surface area contributed by atoms with Crippen LogP contribution in [0.1, 0.15) is 27.0 Å². The molecule has 0 saturated carbocycles. The fourth-order valence-electron chi connectivity index (χ4n) is 3.08. The number of ether oxygens (including phenoxy) is 1. The van der Waals surface area contributed by atoms with Crippen molar-refractivity contribution >= 4 is 41.2 Å². The SMILES string of the molecule is O=C(Nc1cccc(/C=C/c2ccc(Cl)cc2)c1C1=NCCO1)c1ccccc1. The lowest BCUT2D eigenvalue weighted by molar-refractivity contribution is 0.102. The van der Waals surface area contributed by atoms with Crippen LogP contribution in [0.2, 0.25) is 5.02 Å². The first kappa shape index (κ1) is 19.0. The Balaban J connectivity index is 1.69. The number of nitrogens with one attached hydrogen (secondary N) is 1. The summed E-state index contributed by atoms with van der Waals surface area (Å²) in [6, 6.07) is 22.5. The molecule has 0 unspecified atom stereocenters. The molecule has 1 N–H and O–H groups in total. The van der Waals surface area contributed by atoms with Crippen LogP contribution in [-0.2, 0) is 4.74 Å². The summed E-state index contributed by atoms with van der Waals surface area (Å²) in [5, 5.41) is 3.70. The first-order valence-corrected chi connectivity index (χ1v) is 9.69. The van der Waals surface area contributed by atoms with Crippen LogP contribution in [0.3, 0.4) is 0 Å². The molecule has 0 saturated heterocycles. The zero-order valence-corrected chi connectivity index (χ0v) is 16.4. The third-order valence-corrected chi connectivity index (χ3v) is 4.76. The quantitative estimate of drug-likeness (QED) is 0.569. The second-order valence-electron chi connectivity index (χ2n) is 6.51. The van der Waals surface area contributed by atoms with Crippen LogP contribution in [0, 0.1) is 0 Å². The van der Waals surface area contributed by atoms with Gasteiger partial charge in [0.25, 0.3) is 5.91 Å². The maximum atomic E-state index is 12.7. The van der Waals surface area contributed by atoms with E-state index in [-0.39, 0.29) is 5.91 Å². The first-order valence-electron chi connectivity index (χ1n) is 9.31. The molecule has 0 radical (unpaired) electrons. The highest BCUT2D eigenvalue weighted by Crippen LogP contribution is 2.26. The summed E-state index contributed by atoms with van der Waals surface area (Å²) in [5.41, 5.74) is 3.96. The number of carbonyl (C=O) groups is 1. The third kappa shape index (κ3) is 4.55. The number of carbonyl (C=O) groups excluding carboxylic acids is 1. The maximum Gasteiger partial charge on any atom is 0.255 e. The lowest BCUT2D eigenvalue weighted by atomic mass is 10.0. The van der Waals surface area contributed by atoms with Crippen molar-refractivity contribution < 1.29 is 9.53 Å². The predicted octanol–water partition coefficient (Wildman–Crippen LogP) is 5.54. The summed E-state index contributed by atoms with van der Waals surface area (Å²) in [6.07, 6.45) is 3.98. The van der Waals surface area contributed by atoms with E-state index in [4.69, 9.17) is 16.3 Å². The average molecular weight is 403 g/mol. The van der Waals surface area contributed by atoms with E-state index in [0.29, 0.717) is 35.3 Å². The Hall–Kier alpha value is -3.37. The average Bonchev–Trinajstić information content (AvgIpc) is 3.28. The molecule has 0 atom stereocenters. The number of hydrogen-bond acceptors (Lipinski definition) is 3. The zero-order chi connectivity index (χ0) is 20.1. The molecule has 1 aliphatic heterocycles. The van der Waals surface area contributed by atoms with Crippen LogP contribution in [0.4, 0.5) is 5.69 Å². The molecule has 1 heterocycles. The van der Waals surface area contributed by atoms with E-state index in [9.17, 15) is 4.79 Å². The van der Waals surface area contributed by atoms with Gasteiger partial charge in [-0.05, 0) is 41.5 Å². The molecule has 3 aromatic rings. The van der Waals surface area contributed by atoms with E-state index >= 15 is 0 Å². The molecule has 29 heavy (non-hydrogen) atoms. The van der Waals surface area contributed by atoms with Crippen molar-refractivity contribution in [2.75, 3.05) is 18.5 Å². The summed E-state index contributed by atoms with van der Waals surface area (Å²) < 4.78 is 5.72. The van der Waals surface area contributed by atoms with E-state index in [1.807, 2.05) is 72.8 Å². The van der Waals surface area contributed by atoms with Gasteiger partial charge in [0.2, 0.25) is 5.90 Å². The summed E-state index contributed by atoms with van der Waals surface area (Å²) in [5.74, 6) is 0.369. The molecule has 0 spiro atoms. The van der Waals surface area contributed by atoms with Crippen molar-refractivity contribution in [3.63, 3.8) is 0 Å². The molecule has 0 bridgehead atoms. The highest BCUT2D eigenvalue weighted by Gasteiger charge is 2.19. The Kier molecular flexibility index (Phi) is 5.73. The van der Waals surface area contributed by atoms with E-state index < -0.39 is 0 Å². The van der Waals surface area contributed by atoms with Crippen LogP contribution >= 0.6 is 11.6 Å². The molecule has 1 aliphatic rings. The van der Waals surface area contributed by atoms with Crippen molar-refractivity contribution in [1.29, 1.82) is 0 Å². The fraction of sp³-hybridized carbons (Fsp3) is 0.0833. The number of hydrogen-bond donors (Lipinski definition) is 1. The van der Waals surface area contributed by atoms with Crippen molar-refractivity contribution in [3.8, 4) is 0 Å². The number of aliphatic imine (C=N–C) groups is 1. The van der Waals surface area contributed by atoms with Gasteiger partial charge in [0.15, 0.2) is 0 Å². The third-order valence-electron chi connectivity index (χ3n) is 4.51.